The number of para-hydroxylation sites is 1. The number of carbonyl (C=O) groups excluding carboxylic acids is 1. The van der Waals surface area contributed by atoms with E-state index in [1.807, 2.05) is 112 Å². The highest BCUT2D eigenvalue weighted by atomic mass is 16.3. The third-order valence-corrected chi connectivity index (χ3v) is 7.80. The first-order valence-corrected chi connectivity index (χ1v) is 13.9. The Labute approximate surface area is 238 Å². The highest BCUT2D eigenvalue weighted by Gasteiger charge is 2.31. The van der Waals surface area contributed by atoms with Crippen molar-refractivity contribution in [3.05, 3.63) is 142 Å². The number of nitrogens with zero attached hydrogens (tertiary/aromatic N) is 3. The minimum Gasteiger partial charge on any atom is -0.467 e. The molecule has 204 valence electrons. The van der Waals surface area contributed by atoms with Gasteiger partial charge in [-0.3, -0.25) is 14.2 Å². The minimum atomic E-state index is -0.523. The topological polar surface area (TPSA) is 68.3 Å². The molecular weight excluding hydrogens is 510 g/mol. The van der Waals surface area contributed by atoms with Crippen LogP contribution in [0, 0.1) is 13.8 Å². The van der Waals surface area contributed by atoms with E-state index in [-0.39, 0.29) is 18.0 Å². The van der Waals surface area contributed by atoms with Crippen molar-refractivity contribution >= 4 is 27.6 Å². The van der Waals surface area contributed by atoms with Crippen LogP contribution in [0.5, 0.6) is 0 Å². The van der Waals surface area contributed by atoms with E-state index >= 15 is 0 Å². The summed E-state index contributed by atoms with van der Waals surface area (Å²) in [4.78, 5) is 35.5. The second kappa shape index (κ2) is 10.9. The van der Waals surface area contributed by atoms with Gasteiger partial charge < -0.3 is 9.32 Å². The van der Waals surface area contributed by atoms with Gasteiger partial charge in [-0.15, -0.1) is 0 Å². The van der Waals surface area contributed by atoms with Crippen LogP contribution >= 0.6 is 0 Å². The molecule has 0 bridgehead atoms. The average molecular weight is 542 g/mol. The number of aryl methyl sites for hydroxylation is 2. The zero-order valence-corrected chi connectivity index (χ0v) is 23.4. The van der Waals surface area contributed by atoms with Crippen molar-refractivity contribution in [3.63, 3.8) is 0 Å². The van der Waals surface area contributed by atoms with Crippen LogP contribution in [-0.4, -0.2) is 20.4 Å². The number of fused-ring (bicyclic) bond motifs is 2. The molecule has 1 amide bonds. The Morgan fingerprint density at radius 2 is 1.63 bits per heavy atom. The summed E-state index contributed by atoms with van der Waals surface area (Å²) in [7, 11) is 0. The quantitative estimate of drug-likeness (QED) is 0.209. The molecule has 6 heteroatoms. The number of aromatic nitrogens is 2. The molecule has 0 saturated heterocycles. The summed E-state index contributed by atoms with van der Waals surface area (Å²) in [6.45, 7) is 6.32. The van der Waals surface area contributed by atoms with Gasteiger partial charge in [0.15, 0.2) is 0 Å². The van der Waals surface area contributed by atoms with Crippen molar-refractivity contribution in [3.8, 4) is 5.69 Å². The Balaban J connectivity index is 1.59. The van der Waals surface area contributed by atoms with Crippen LogP contribution in [0.4, 0.5) is 0 Å². The molecule has 0 aliphatic carbocycles. The lowest BCUT2D eigenvalue weighted by atomic mass is 10.0. The largest absolute Gasteiger partial charge is 0.467 e. The van der Waals surface area contributed by atoms with E-state index in [1.165, 1.54) is 0 Å². The Hall–Kier alpha value is -4.97. The van der Waals surface area contributed by atoms with E-state index in [1.54, 1.807) is 21.8 Å². The lowest BCUT2D eigenvalue weighted by Gasteiger charge is -2.32. The molecule has 1 atom stereocenters. The zero-order valence-electron chi connectivity index (χ0n) is 23.4. The van der Waals surface area contributed by atoms with E-state index in [0.29, 0.717) is 34.5 Å². The van der Waals surface area contributed by atoms with Gasteiger partial charge in [0.2, 0.25) is 0 Å². The predicted octanol–water partition coefficient (Wildman–Crippen LogP) is 7.54. The molecule has 1 unspecified atom stereocenters. The normalized spacial score (nSPS) is 12.1. The SMILES string of the molecule is CCC(c1nc2ccccc2c(=O)n1-c1ccc(C)c(C)c1)N(Cc1ccco1)C(=O)c1cccc2ccccc12. The highest BCUT2D eigenvalue weighted by Crippen LogP contribution is 2.31. The number of hydrogen-bond acceptors (Lipinski definition) is 4. The van der Waals surface area contributed by atoms with Gasteiger partial charge in [0, 0.05) is 5.56 Å². The lowest BCUT2D eigenvalue weighted by molar-refractivity contribution is 0.0626. The zero-order chi connectivity index (χ0) is 28.5. The molecule has 0 aliphatic heterocycles. The Kier molecular flexibility index (Phi) is 6.98. The van der Waals surface area contributed by atoms with Gasteiger partial charge in [0.1, 0.15) is 11.6 Å². The van der Waals surface area contributed by atoms with Gasteiger partial charge in [-0.05, 0) is 84.6 Å². The molecule has 4 aromatic carbocycles. The molecule has 0 aliphatic rings. The standard InChI is InChI=1S/C35H31N3O3/c1-4-32(33-36-31-17-8-7-15-30(31)35(40)38(33)26-19-18-23(2)24(3)21-26)37(22-27-13-10-20-41-27)34(39)29-16-9-12-25-11-5-6-14-28(25)29/h5-21,32H,4,22H2,1-3H3. The lowest BCUT2D eigenvalue weighted by Crippen LogP contribution is -2.38. The van der Waals surface area contributed by atoms with Crippen LogP contribution in [0.2, 0.25) is 0 Å². The van der Waals surface area contributed by atoms with E-state index < -0.39 is 6.04 Å². The van der Waals surface area contributed by atoms with Crippen LogP contribution < -0.4 is 5.56 Å². The van der Waals surface area contributed by atoms with Gasteiger partial charge >= 0.3 is 0 Å². The maximum absolute atomic E-state index is 14.5. The van der Waals surface area contributed by atoms with Gasteiger partial charge in [-0.25, -0.2) is 4.98 Å². The van der Waals surface area contributed by atoms with Crippen LogP contribution in [0.25, 0.3) is 27.4 Å². The van der Waals surface area contributed by atoms with E-state index in [0.717, 1.165) is 27.6 Å². The monoisotopic (exact) mass is 541 g/mol. The van der Waals surface area contributed by atoms with Crippen LogP contribution in [0.15, 0.2) is 113 Å². The van der Waals surface area contributed by atoms with Crippen molar-refractivity contribution in [2.24, 2.45) is 0 Å². The first-order chi connectivity index (χ1) is 20.0. The molecule has 2 heterocycles. The number of benzene rings is 4. The van der Waals surface area contributed by atoms with Gasteiger partial charge in [-0.2, -0.15) is 0 Å². The molecule has 0 saturated carbocycles. The molecule has 6 aromatic rings. The van der Waals surface area contributed by atoms with Crippen molar-refractivity contribution in [1.82, 2.24) is 14.5 Å². The molecule has 6 rings (SSSR count). The van der Waals surface area contributed by atoms with Gasteiger partial charge in [-0.1, -0.05) is 61.5 Å². The summed E-state index contributed by atoms with van der Waals surface area (Å²) in [6, 6.07) is 30.1. The van der Waals surface area contributed by atoms with E-state index in [9.17, 15) is 9.59 Å². The predicted molar refractivity (Wildman–Crippen MR) is 162 cm³/mol. The van der Waals surface area contributed by atoms with Crippen LogP contribution in [-0.2, 0) is 6.54 Å². The molecular formula is C35H31N3O3. The van der Waals surface area contributed by atoms with Gasteiger partial charge in [0.25, 0.3) is 11.5 Å². The van der Waals surface area contributed by atoms with Crippen molar-refractivity contribution < 1.29 is 9.21 Å². The Morgan fingerprint density at radius 1 is 0.878 bits per heavy atom. The third kappa shape index (κ3) is 4.82. The highest BCUT2D eigenvalue weighted by molar-refractivity contribution is 6.07. The van der Waals surface area contributed by atoms with Crippen molar-refractivity contribution in [2.45, 2.75) is 39.8 Å². The molecule has 6 nitrogen and oxygen atoms in total. The van der Waals surface area contributed by atoms with Crippen molar-refractivity contribution in [2.75, 3.05) is 0 Å². The maximum Gasteiger partial charge on any atom is 0.266 e. The molecule has 2 aromatic heterocycles. The second-order valence-electron chi connectivity index (χ2n) is 10.4. The smallest absolute Gasteiger partial charge is 0.266 e. The number of hydrogen-bond donors (Lipinski definition) is 0. The van der Waals surface area contributed by atoms with Crippen molar-refractivity contribution in [1.29, 1.82) is 0 Å². The fourth-order valence-corrected chi connectivity index (χ4v) is 5.49. The van der Waals surface area contributed by atoms with E-state index in [2.05, 4.69) is 0 Å². The van der Waals surface area contributed by atoms with E-state index in [4.69, 9.17) is 9.40 Å². The minimum absolute atomic E-state index is 0.154. The number of amides is 1. The summed E-state index contributed by atoms with van der Waals surface area (Å²) in [6.07, 6.45) is 2.14. The fraction of sp³-hybridized carbons (Fsp3) is 0.171. The molecule has 41 heavy (non-hydrogen) atoms. The number of carbonyl (C=O) groups is 1. The summed E-state index contributed by atoms with van der Waals surface area (Å²) in [5.41, 5.74) is 3.95. The average Bonchev–Trinajstić information content (AvgIpc) is 3.51. The molecule has 0 fully saturated rings. The second-order valence-corrected chi connectivity index (χ2v) is 10.4. The van der Waals surface area contributed by atoms with Gasteiger partial charge in [0.05, 0.1) is 35.4 Å². The Morgan fingerprint density at radius 3 is 2.39 bits per heavy atom. The summed E-state index contributed by atoms with van der Waals surface area (Å²) < 4.78 is 7.40. The molecule has 0 spiro atoms. The summed E-state index contributed by atoms with van der Waals surface area (Å²) >= 11 is 0. The Bertz CT molecular complexity index is 1930. The number of furan rings is 1. The number of rotatable bonds is 7. The van der Waals surface area contributed by atoms with Crippen LogP contribution in [0.3, 0.4) is 0 Å². The maximum atomic E-state index is 14.5. The van der Waals surface area contributed by atoms with Crippen LogP contribution in [0.1, 0.15) is 52.5 Å². The summed E-state index contributed by atoms with van der Waals surface area (Å²) in [5.74, 6) is 1.01. The first-order valence-electron chi connectivity index (χ1n) is 13.9. The first kappa shape index (κ1) is 26.3. The fourth-order valence-electron chi connectivity index (χ4n) is 5.49. The molecule has 0 radical (unpaired) electrons. The summed E-state index contributed by atoms with van der Waals surface area (Å²) in [5, 5.41) is 2.39. The third-order valence-electron chi connectivity index (χ3n) is 7.80. The molecule has 0 N–H and O–H groups in total.